The second-order valence-electron chi connectivity index (χ2n) is 8.13. The molecule has 2 fully saturated rings. The highest BCUT2D eigenvalue weighted by atomic mass is 16.3. The largest absolute Gasteiger partial charge is 0.395 e. The minimum Gasteiger partial charge on any atom is -0.395 e. The molecule has 1 amide bonds. The fourth-order valence-corrected chi connectivity index (χ4v) is 4.20. The van der Waals surface area contributed by atoms with Crippen molar-refractivity contribution in [1.29, 1.82) is 0 Å². The number of rotatable bonds is 6. The summed E-state index contributed by atoms with van der Waals surface area (Å²) in [4.78, 5) is 21.4. The van der Waals surface area contributed by atoms with Crippen LogP contribution in [0, 0.1) is 0 Å². The molecule has 0 bridgehead atoms. The fourth-order valence-electron chi connectivity index (χ4n) is 4.20. The van der Waals surface area contributed by atoms with E-state index in [0.717, 1.165) is 69.4 Å². The molecule has 1 aromatic heterocycles. The molecule has 2 aliphatic rings. The van der Waals surface area contributed by atoms with Gasteiger partial charge < -0.3 is 19.8 Å². The molecular weight excluding hydrogens is 392 g/mol. The first-order valence-corrected chi connectivity index (χ1v) is 11.2. The van der Waals surface area contributed by atoms with E-state index in [1.807, 2.05) is 41.3 Å². The van der Waals surface area contributed by atoms with E-state index in [4.69, 9.17) is 5.11 Å². The Balaban J connectivity index is 1.29. The zero-order chi connectivity index (χ0) is 21.6. The second-order valence-corrected chi connectivity index (χ2v) is 8.13. The molecule has 166 valence electrons. The van der Waals surface area contributed by atoms with Gasteiger partial charge in [-0.2, -0.15) is 0 Å². The van der Waals surface area contributed by atoms with E-state index < -0.39 is 0 Å². The van der Waals surface area contributed by atoms with Crippen LogP contribution in [0.15, 0.2) is 36.4 Å². The quantitative estimate of drug-likeness (QED) is 0.745. The number of aliphatic hydroxyl groups excluding tert-OH is 1. The standard InChI is InChI=1S/C23H32N6O2/c1-2-19-3-5-20(6-4-19)23(31)29-15-13-28(14-16-29)22-8-7-21(24-25-22)27-11-9-26(10-12-27)17-18-30/h3-8,30H,2,9-18H2,1H3. The molecule has 4 rings (SSSR count). The van der Waals surface area contributed by atoms with Crippen molar-refractivity contribution in [2.75, 3.05) is 75.3 Å². The van der Waals surface area contributed by atoms with Gasteiger partial charge in [-0.3, -0.25) is 9.69 Å². The van der Waals surface area contributed by atoms with E-state index in [0.29, 0.717) is 13.1 Å². The van der Waals surface area contributed by atoms with Crippen molar-refractivity contribution in [2.24, 2.45) is 0 Å². The summed E-state index contributed by atoms with van der Waals surface area (Å²) < 4.78 is 0. The number of carbonyl (C=O) groups is 1. The molecular formula is C23H32N6O2. The van der Waals surface area contributed by atoms with Gasteiger partial charge in [-0.15, -0.1) is 10.2 Å². The number of anilines is 2. The number of amides is 1. The van der Waals surface area contributed by atoms with Crippen molar-refractivity contribution in [1.82, 2.24) is 20.0 Å². The Morgan fingerprint density at radius 2 is 1.39 bits per heavy atom. The van der Waals surface area contributed by atoms with Crippen LogP contribution < -0.4 is 9.80 Å². The number of benzene rings is 1. The molecule has 1 N–H and O–H groups in total. The van der Waals surface area contributed by atoms with E-state index >= 15 is 0 Å². The highest BCUT2D eigenvalue weighted by Crippen LogP contribution is 2.19. The number of carbonyl (C=O) groups excluding carboxylic acids is 1. The molecule has 0 unspecified atom stereocenters. The van der Waals surface area contributed by atoms with Gasteiger partial charge in [0.1, 0.15) is 0 Å². The van der Waals surface area contributed by atoms with E-state index in [1.165, 1.54) is 5.56 Å². The van der Waals surface area contributed by atoms with Gasteiger partial charge in [0.25, 0.3) is 5.91 Å². The average Bonchev–Trinajstić information content (AvgIpc) is 2.85. The van der Waals surface area contributed by atoms with Gasteiger partial charge in [-0.25, -0.2) is 0 Å². The number of aryl methyl sites for hydroxylation is 1. The highest BCUT2D eigenvalue weighted by Gasteiger charge is 2.24. The average molecular weight is 425 g/mol. The summed E-state index contributed by atoms with van der Waals surface area (Å²) in [7, 11) is 0. The predicted molar refractivity (Wildman–Crippen MR) is 122 cm³/mol. The molecule has 8 heteroatoms. The number of piperazine rings is 2. The lowest BCUT2D eigenvalue weighted by molar-refractivity contribution is 0.0746. The van der Waals surface area contributed by atoms with Crippen molar-refractivity contribution in [3.63, 3.8) is 0 Å². The smallest absolute Gasteiger partial charge is 0.253 e. The van der Waals surface area contributed by atoms with Crippen LogP contribution >= 0.6 is 0 Å². The lowest BCUT2D eigenvalue weighted by Crippen LogP contribution is -2.49. The van der Waals surface area contributed by atoms with Crippen LogP contribution in [-0.4, -0.2) is 96.5 Å². The minimum atomic E-state index is 0.101. The van der Waals surface area contributed by atoms with Crippen LogP contribution in [0.5, 0.6) is 0 Å². The van der Waals surface area contributed by atoms with Crippen molar-refractivity contribution >= 4 is 17.5 Å². The molecule has 0 radical (unpaired) electrons. The monoisotopic (exact) mass is 424 g/mol. The number of hydrogen-bond donors (Lipinski definition) is 1. The Morgan fingerprint density at radius 3 is 1.87 bits per heavy atom. The Hall–Kier alpha value is -2.71. The van der Waals surface area contributed by atoms with Gasteiger partial charge in [0.05, 0.1) is 6.61 Å². The van der Waals surface area contributed by atoms with Crippen molar-refractivity contribution in [2.45, 2.75) is 13.3 Å². The zero-order valence-electron chi connectivity index (χ0n) is 18.3. The van der Waals surface area contributed by atoms with E-state index in [-0.39, 0.29) is 12.5 Å². The Morgan fingerprint density at radius 1 is 0.839 bits per heavy atom. The number of hydrogen-bond acceptors (Lipinski definition) is 7. The summed E-state index contributed by atoms with van der Waals surface area (Å²) in [5.74, 6) is 1.86. The second kappa shape index (κ2) is 10.1. The van der Waals surface area contributed by atoms with Crippen LogP contribution in [0.3, 0.4) is 0 Å². The summed E-state index contributed by atoms with van der Waals surface area (Å²) in [6.07, 6.45) is 0.979. The number of aliphatic hydroxyl groups is 1. The summed E-state index contributed by atoms with van der Waals surface area (Å²) in [5.41, 5.74) is 2.00. The Bertz CT molecular complexity index is 841. The molecule has 31 heavy (non-hydrogen) atoms. The SMILES string of the molecule is CCc1ccc(C(=O)N2CCN(c3ccc(N4CCN(CCO)CC4)nn3)CC2)cc1. The molecule has 8 nitrogen and oxygen atoms in total. The molecule has 1 aromatic carbocycles. The maximum Gasteiger partial charge on any atom is 0.253 e. The highest BCUT2D eigenvalue weighted by molar-refractivity contribution is 5.94. The number of β-amino-alcohol motifs (C(OH)–C–C–N with tert-alkyl or cyclic N) is 1. The summed E-state index contributed by atoms with van der Waals surface area (Å²) in [6, 6.07) is 12.0. The molecule has 0 saturated carbocycles. The van der Waals surface area contributed by atoms with E-state index in [1.54, 1.807) is 0 Å². The topological polar surface area (TPSA) is 76.0 Å². The summed E-state index contributed by atoms with van der Waals surface area (Å²) in [6.45, 7) is 9.60. The lowest BCUT2D eigenvalue weighted by atomic mass is 10.1. The van der Waals surface area contributed by atoms with E-state index in [2.05, 4.69) is 31.8 Å². The van der Waals surface area contributed by atoms with Crippen molar-refractivity contribution in [3.8, 4) is 0 Å². The molecule has 2 saturated heterocycles. The molecule has 2 aliphatic heterocycles. The van der Waals surface area contributed by atoms with Gasteiger partial charge in [-0.1, -0.05) is 19.1 Å². The Kier molecular flexibility index (Phi) is 6.99. The minimum absolute atomic E-state index is 0.101. The third-order valence-corrected chi connectivity index (χ3v) is 6.25. The molecule has 0 aliphatic carbocycles. The van der Waals surface area contributed by atoms with Crippen LogP contribution in [-0.2, 0) is 6.42 Å². The molecule has 3 heterocycles. The number of nitrogens with zero attached hydrogens (tertiary/aromatic N) is 6. The van der Waals surface area contributed by atoms with Crippen LogP contribution in [0.25, 0.3) is 0 Å². The first kappa shape index (κ1) is 21.5. The summed E-state index contributed by atoms with van der Waals surface area (Å²) >= 11 is 0. The van der Waals surface area contributed by atoms with Gasteiger partial charge in [0.2, 0.25) is 0 Å². The number of aromatic nitrogens is 2. The van der Waals surface area contributed by atoms with Gasteiger partial charge in [-0.05, 0) is 36.2 Å². The first-order valence-electron chi connectivity index (χ1n) is 11.2. The first-order chi connectivity index (χ1) is 15.2. The maximum atomic E-state index is 12.8. The van der Waals surface area contributed by atoms with Crippen LogP contribution in [0.1, 0.15) is 22.8 Å². The van der Waals surface area contributed by atoms with Crippen LogP contribution in [0.4, 0.5) is 11.6 Å². The zero-order valence-corrected chi connectivity index (χ0v) is 18.3. The van der Waals surface area contributed by atoms with E-state index in [9.17, 15) is 4.79 Å². The maximum absolute atomic E-state index is 12.8. The summed E-state index contributed by atoms with van der Waals surface area (Å²) in [5, 5.41) is 18.0. The molecule has 0 spiro atoms. The van der Waals surface area contributed by atoms with Gasteiger partial charge in [0, 0.05) is 64.5 Å². The van der Waals surface area contributed by atoms with Gasteiger partial charge in [0.15, 0.2) is 11.6 Å². The van der Waals surface area contributed by atoms with Gasteiger partial charge >= 0.3 is 0 Å². The predicted octanol–water partition coefficient (Wildman–Crippen LogP) is 1.12. The fraction of sp³-hybridized carbons (Fsp3) is 0.522. The lowest BCUT2D eigenvalue weighted by Gasteiger charge is -2.36. The van der Waals surface area contributed by atoms with Crippen LogP contribution in [0.2, 0.25) is 0 Å². The Labute approximate surface area is 184 Å². The third-order valence-electron chi connectivity index (χ3n) is 6.25. The molecule has 0 atom stereocenters. The third kappa shape index (κ3) is 5.14. The van der Waals surface area contributed by atoms with Crippen molar-refractivity contribution < 1.29 is 9.90 Å². The molecule has 2 aromatic rings. The normalized spacial score (nSPS) is 17.8. The van der Waals surface area contributed by atoms with Crippen molar-refractivity contribution in [3.05, 3.63) is 47.5 Å².